The molecule has 0 amide bonds. The molecular formula is C34H67BO2SSi. The molecule has 0 bridgehead atoms. The Morgan fingerprint density at radius 2 is 1.26 bits per heavy atom. The zero-order valence-electron chi connectivity index (χ0n) is 28.7. The van der Waals surface area contributed by atoms with Gasteiger partial charge in [-0.3, -0.25) is 0 Å². The smallest absolute Gasteiger partial charge is 0.359 e. The summed E-state index contributed by atoms with van der Waals surface area (Å²) in [5, 5.41) is 1.18. The van der Waals surface area contributed by atoms with Gasteiger partial charge in [0.05, 0.1) is 0 Å². The minimum atomic E-state index is -1.92. The molecule has 0 saturated heterocycles. The molecule has 2 rings (SSSR count). The van der Waals surface area contributed by atoms with E-state index in [0.717, 1.165) is 52.4 Å². The highest BCUT2D eigenvalue weighted by Crippen LogP contribution is 2.46. The Bertz CT molecular complexity index is 732. The minimum absolute atomic E-state index is 0.0762. The average Bonchev–Trinajstić information content (AvgIpc) is 2.75. The van der Waals surface area contributed by atoms with Crippen molar-refractivity contribution in [3.8, 4) is 0 Å². The van der Waals surface area contributed by atoms with Crippen molar-refractivity contribution in [2.45, 2.75) is 157 Å². The molecule has 2 saturated carbocycles. The fourth-order valence-corrected chi connectivity index (χ4v) is 8.85. The fourth-order valence-electron chi connectivity index (χ4n) is 7.12. The van der Waals surface area contributed by atoms with Crippen LogP contribution in [0.1, 0.15) is 122 Å². The summed E-state index contributed by atoms with van der Waals surface area (Å²) in [6, 6.07) is 0. The van der Waals surface area contributed by atoms with Crippen LogP contribution in [0.15, 0.2) is 11.4 Å². The quantitative estimate of drug-likeness (QED) is 0.179. The van der Waals surface area contributed by atoms with Gasteiger partial charge in [-0.15, -0.1) is 0 Å². The van der Waals surface area contributed by atoms with Gasteiger partial charge in [0.15, 0.2) is 5.09 Å². The zero-order valence-corrected chi connectivity index (χ0v) is 30.5. The molecule has 2 aliphatic carbocycles. The van der Waals surface area contributed by atoms with Gasteiger partial charge in [-0.1, -0.05) is 108 Å². The van der Waals surface area contributed by atoms with Gasteiger partial charge < -0.3 is 9.08 Å². The molecule has 0 aliphatic heterocycles. The third kappa shape index (κ3) is 11.3. The molecule has 0 aromatic carbocycles. The number of hydrogen-bond acceptors (Lipinski definition) is 3. The van der Waals surface area contributed by atoms with Gasteiger partial charge >= 0.3 is 6.92 Å². The Labute approximate surface area is 251 Å². The molecule has 0 aromatic rings. The van der Waals surface area contributed by atoms with Crippen LogP contribution >= 0.6 is 11.8 Å². The Morgan fingerprint density at radius 3 is 1.62 bits per heavy atom. The number of rotatable bonds is 11. The second kappa shape index (κ2) is 14.4. The minimum Gasteiger partial charge on any atom is -0.554 e. The largest absolute Gasteiger partial charge is 0.554 e. The third-order valence-electron chi connectivity index (χ3n) is 10.4. The summed E-state index contributed by atoms with van der Waals surface area (Å²) in [6.45, 7) is 33.6. The lowest BCUT2D eigenvalue weighted by Gasteiger charge is -2.41. The monoisotopic (exact) mass is 578 g/mol. The molecule has 0 N–H and O–H groups in total. The molecule has 39 heavy (non-hydrogen) atoms. The van der Waals surface area contributed by atoms with Crippen LogP contribution < -0.4 is 0 Å². The van der Waals surface area contributed by atoms with E-state index < -0.39 is 8.32 Å². The van der Waals surface area contributed by atoms with E-state index in [9.17, 15) is 0 Å². The summed E-state index contributed by atoms with van der Waals surface area (Å²) in [6.07, 6.45) is 12.7. The van der Waals surface area contributed by atoms with Crippen LogP contribution in [0.25, 0.3) is 0 Å². The Morgan fingerprint density at radius 1 is 0.821 bits per heavy atom. The van der Waals surface area contributed by atoms with Gasteiger partial charge in [0.25, 0.3) is 0 Å². The summed E-state index contributed by atoms with van der Waals surface area (Å²) in [7, 11) is -1.92. The van der Waals surface area contributed by atoms with Crippen LogP contribution in [0.5, 0.6) is 0 Å². The zero-order chi connectivity index (χ0) is 29.8. The van der Waals surface area contributed by atoms with Gasteiger partial charge in [0.1, 0.15) is 6.26 Å². The van der Waals surface area contributed by atoms with E-state index in [0.29, 0.717) is 0 Å². The lowest BCUT2D eigenvalue weighted by atomic mass is 9.49. The fraction of sp³-hybridized carbons (Fsp3) is 0.941. The molecule has 0 spiro atoms. The first kappa shape index (κ1) is 35.2. The number of hydrogen-bond donors (Lipinski definition) is 0. The van der Waals surface area contributed by atoms with E-state index in [1.165, 1.54) is 51.2 Å². The van der Waals surface area contributed by atoms with Crippen molar-refractivity contribution < 1.29 is 9.08 Å². The first-order valence-electron chi connectivity index (χ1n) is 16.5. The van der Waals surface area contributed by atoms with E-state index in [1.807, 2.05) is 18.0 Å². The molecule has 2 aliphatic rings. The Balaban J connectivity index is 2.40. The van der Waals surface area contributed by atoms with Gasteiger partial charge in [-0.2, -0.15) is 0 Å². The maximum atomic E-state index is 7.19. The summed E-state index contributed by atoms with van der Waals surface area (Å²) in [4.78, 5) is 0. The standard InChI is InChI=1S/C34H67BO2SSi/c1-24(2)30-17-15-26(5)19-28(30)21-35(22-29-20-27(6)16-18-31(29)25(3)4)37-32(38-33(7,8)9)23-36-39(13,14)34(10,11)12/h23-31H,15-22H2,1-14H3/b32-23-/t26-,27-,28-,29-,30+,31+/m1/s1. The summed E-state index contributed by atoms with van der Waals surface area (Å²) >= 11 is 1.86. The van der Waals surface area contributed by atoms with Crippen molar-refractivity contribution in [2.24, 2.45) is 47.3 Å². The van der Waals surface area contributed by atoms with E-state index in [4.69, 9.17) is 9.08 Å². The normalized spacial score (nSPS) is 29.6. The lowest BCUT2D eigenvalue weighted by molar-refractivity contribution is 0.146. The topological polar surface area (TPSA) is 18.5 Å². The van der Waals surface area contributed by atoms with Gasteiger partial charge in [-0.25, -0.2) is 0 Å². The molecule has 0 aromatic heterocycles. The Hall–Kier alpha value is -0.0282. The third-order valence-corrected chi connectivity index (χ3v) is 15.7. The maximum absolute atomic E-state index is 7.19. The highest BCUT2D eigenvalue weighted by Gasteiger charge is 2.41. The van der Waals surface area contributed by atoms with E-state index in [2.05, 4.69) is 96.2 Å². The second-order valence-electron chi connectivity index (χ2n) is 16.9. The molecule has 2 fully saturated rings. The van der Waals surface area contributed by atoms with E-state index in [1.54, 1.807) is 0 Å². The van der Waals surface area contributed by atoms with E-state index >= 15 is 0 Å². The van der Waals surface area contributed by atoms with Gasteiger partial charge in [0.2, 0.25) is 8.32 Å². The van der Waals surface area contributed by atoms with E-state index in [-0.39, 0.29) is 16.7 Å². The van der Waals surface area contributed by atoms with Gasteiger partial charge in [-0.05, 0) is 104 Å². The molecule has 0 unspecified atom stereocenters. The Kier molecular flexibility index (Phi) is 13.0. The highest BCUT2D eigenvalue weighted by atomic mass is 32.2. The van der Waals surface area contributed by atoms with Crippen molar-refractivity contribution in [1.29, 1.82) is 0 Å². The second-order valence-corrected chi connectivity index (χ2v) is 23.5. The van der Waals surface area contributed by atoms with Crippen LogP contribution in [0.2, 0.25) is 30.8 Å². The summed E-state index contributed by atoms with van der Waals surface area (Å²) < 4.78 is 13.9. The number of thioether (sulfide) groups is 1. The van der Waals surface area contributed by atoms with Crippen LogP contribution in [0.4, 0.5) is 0 Å². The van der Waals surface area contributed by atoms with Gasteiger partial charge in [0, 0.05) is 4.75 Å². The maximum Gasteiger partial charge on any atom is 0.359 e. The average molecular weight is 579 g/mol. The molecule has 6 atom stereocenters. The molecular weight excluding hydrogens is 511 g/mol. The summed E-state index contributed by atoms with van der Waals surface area (Å²) in [5.74, 6) is 6.35. The van der Waals surface area contributed by atoms with Crippen molar-refractivity contribution >= 4 is 27.0 Å². The van der Waals surface area contributed by atoms with Crippen LogP contribution in [-0.4, -0.2) is 20.0 Å². The molecule has 0 heterocycles. The highest BCUT2D eigenvalue weighted by molar-refractivity contribution is 8.04. The van der Waals surface area contributed by atoms with Crippen molar-refractivity contribution in [2.75, 3.05) is 0 Å². The first-order chi connectivity index (χ1) is 17.8. The predicted molar refractivity (Wildman–Crippen MR) is 180 cm³/mol. The predicted octanol–water partition coefficient (Wildman–Crippen LogP) is 11.8. The molecule has 228 valence electrons. The van der Waals surface area contributed by atoms with Crippen molar-refractivity contribution in [3.63, 3.8) is 0 Å². The molecule has 5 heteroatoms. The van der Waals surface area contributed by atoms with Crippen LogP contribution in [-0.2, 0) is 9.08 Å². The van der Waals surface area contributed by atoms with Crippen molar-refractivity contribution in [1.82, 2.24) is 0 Å². The lowest BCUT2D eigenvalue weighted by Crippen LogP contribution is -2.39. The van der Waals surface area contributed by atoms with Crippen molar-refractivity contribution in [3.05, 3.63) is 11.4 Å². The summed E-state index contributed by atoms with van der Waals surface area (Å²) in [5.41, 5.74) is 0. The SMILES string of the molecule is CC(C)[C@@H]1CC[C@@H](C)C[C@@H]1CB(C[C@H]1C[C@H](C)CC[C@H]1C(C)C)O/C(=C/O[Si](C)(C)C(C)(C)C)SC(C)(C)C. The van der Waals surface area contributed by atoms with Crippen LogP contribution in [0.3, 0.4) is 0 Å². The molecule has 0 radical (unpaired) electrons. The first-order valence-corrected chi connectivity index (χ1v) is 20.2. The molecule has 2 nitrogen and oxygen atoms in total. The van der Waals surface area contributed by atoms with Crippen LogP contribution in [0, 0.1) is 47.3 Å².